The summed E-state index contributed by atoms with van der Waals surface area (Å²) in [7, 11) is 0. The number of hydrogen-bond donors (Lipinski definition) is 0. The molecule has 0 aliphatic carbocycles. The predicted molar refractivity (Wildman–Crippen MR) is 95.7 cm³/mol. The Balaban J connectivity index is 0. The summed E-state index contributed by atoms with van der Waals surface area (Å²) in [4.78, 5) is 0. The van der Waals surface area contributed by atoms with Gasteiger partial charge in [-0.25, -0.2) is 0 Å². The van der Waals surface area contributed by atoms with E-state index < -0.39 is 0 Å². The third kappa shape index (κ3) is 10.1. The van der Waals surface area contributed by atoms with Crippen molar-refractivity contribution in [2.45, 2.75) is 92.9 Å². The minimum atomic E-state index is 0.659. The SMILES string of the molecule is CC.CC.CCCCCCCc1ccccc1C(C)C. The lowest BCUT2D eigenvalue weighted by Gasteiger charge is -2.12. The Kier molecular flexibility index (Phi) is 17.5. The molecule has 0 heteroatoms. The molecular weight excluding hydrogens is 240 g/mol. The van der Waals surface area contributed by atoms with Crippen LogP contribution in [0.15, 0.2) is 24.3 Å². The van der Waals surface area contributed by atoms with E-state index in [2.05, 4.69) is 45.0 Å². The van der Waals surface area contributed by atoms with Gasteiger partial charge in [0.05, 0.1) is 0 Å². The maximum absolute atomic E-state index is 2.30. The molecular formula is C20H38. The van der Waals surface area contributed by atoms with Crippen LogP contribution >= 0.6 is 0 Å². The summed E-state index contributed by atoms with van der Waals surface area (Å²) in [6, 6.07) is 8.92. The monoisotopic (exact) mass is 278 g/mol. The summed E-state index contributed by atoms with van der Waals surface area (Å²) in [5.41, 5.74) is 3.10. The van der Waals surface area contributed by atoms with Crippen LogP contribution in [0.2, 0.25) is 0 Å². The minimum absolute atomic E-state index is 0.659. The third-order valence-electron chi connectivity index (χ3n) is 3.23. The van der Waals surface area contributed by atoms with Crippen LogP contribution < -0.4 is 0 Å². The zero-order chi connectivity index (χ0) is 15.8. The Morgan fingerprint density at radius 1 is 0.800 bits per heavy atom. The van der Waals surface area contributed by atoms with Crippen LogP contribution in [-0.4, -0.2) is 0 Å². The fourth-order valence-electron chi connectivity index (χ4n) is 2.24. The molecule has 0 unspecified atom stereocenters. The van der Waals surface area contributed by atoms with Gasteiger partial charge in [0.15, 0.2) is 0 Å². The molecule has 0 saturated heterocycles. The van der Waals surface area contributed by atoms with E-state index in [9.17, 15) is 0 Å². The van der Waals surface area contributed by atoms with E-state index in [1.54, 1.807) is 5.56 Å². The second kappa shape index (κ2) is 16.3. The van der Waals surface area contributed by atoms with E-state index in [1.807, 2.05) is 27.7 Å². The summed E-state index contributed by atoms with van der Waals surface area (Å²) < 4.78 is 0. The van der Waals surface area contributed by atoms with E-state index in [4.69, 9.17) is 0 Å². The van der Waals surface area contributed by atoms with Crippen LogP contribution in [0.3, 0.4) is 0 Å². The maximum atomic E-state index is 2.30. The van der Waals surface area contributed by atoms with Gasteiger partial charge in [-0.2, -0.15) is 0 Å². The van der Waals surface area contributed by atoms with Crippen LogP contribution in [-0.2, 0) is 6.42 Å². The van der Waals surface area contributed by atoms with Gasteiger partial charge in [-0.1, -0.05) is 98.4 Å². The smallest absolute Gasteiger partial charge is 0.0216 e. The van der Waals surface area contributed by atoms with Crippen molar-refractivity contribution in [1.29, 1.82) is 0 Å². The highest BCUT2D eigenvalue weighted by Gasteiger charge is 2.04. The van der Waals surface area contributed by atoms with Crippen LogP contribution in [0.5, 0.6) is 0 Å². The molecule has 0 spiro atoms. The van der Waals surface area contributed by atoms with Gasteiger partial charge in [0.25, 0.3) is 0 Å². The molecule has 0 saturated carbocycles. The summed E-state index contributed by atoms with van der Waals surface area (Å²) in [6.07, 6.45) is 8.14. The summed E-state index contributed by atoms with van der Waals surface area (Å²) in [5, 5.41) is 0. The van der Waals surface area contributed by atoms with E-state index >= 15 is 0 Å². The molecule has 0 nitrogen and oxygen atoms in total. The first kappa shape index (κ1) is 21.5. The van der Waals surface area contributed by atoms with Crippen molar-refractivity contribution >= 4 is 0 Å². The normalized spacial score (nSPS) is 9.40. The second-order valence-electron chi connectivity index (χ2n) is 5.02. The minimum Gasteiger partial charge on any atom is -0.0683 e. The largest absolute Gasteiger partial charge is 0.0683 e. The first-order chi connectivity index (χ1) is 9.75. The fraction of sp³-hybridized carbons (Fsp3) is 0.700. The van der Waals surface area contributed by atoms with Crippen molar-refractivity contribution < 1.29 is 0 Å². The Morgan fingerprint density at radius 3 is 1.90 bits per heavy atom. The van der Waals surface area contributed by atoms with E-state index in [0.717, 1.165) is 0 Å². The highest BCUT2D eigenvalue weighted by Crippen LogP contribution is 2.21. The van der Waals surface area contributed by atoms with E-state index in [1.165, 1.54) is 44.1 Å². The molecule has 0 aliphatic heterocycles. The topological polar surface area (TPSA) is 0 Å². The lowest BCUT2D eigenvalue weighted by molar-refractivity contribution is 0.629. The average Bonchev–Trinajstić information content (AvgIpc) is 2.51. The van der Waals surface area contributed by atoms with Crippen molar-refractivity contribution in [1.82, 2.24) is 0 Å². The molecule has 118 valence electrons. The van der Waals surface area contributed by atoms with Gasteiger partial charge >= 0.3 is 0 Å². The van der Waals surface area contributed by atoms with Gasteiger partial charge in [0.1, 0.15) is 0 Å². The maximum Gasteiger partial charge on any atom is -0.0216 e. The first-order valence-corrected chi connectivity index (χ1v) is 8.83. The Bertz CT molecular complexity index is 286. The quantitative estimate of drug-likeness (QED) is 0.456. The van der Waals surface area contributed by atoms with Gasteiger partial charge in [0, 0.05) is 0 Å². The molecule has 0 amide bonds. The zero-order valence-electron chi connectivity index (χ0n) is 15.1. The summed E-state index contributed by atoms with van der Waals surface area (Å²) in [5.74, 6) is 0.659. The van der Waals surface area contributed by atoms with Crippen LogP contribution in [0.1, 0.15) is 97.6 Å². The van der Waals surface area contributed by atoms with Crippen LogP contribution in [0, 0.1) is 0 Å². The third-order valence-corrected chi connectivity index (χ3v) is 3.23. The Morgan fingerprint density at radius 2 is 1.35 bits per heavy atom. The summed E-state index contributed by atoms with van der Waals surface area (Å²) in [6.45, 7) is 14.8. The van der Waals surface area contributed by atoms with Crippen molar-refractivity contribution in [3.8, 4) is 0 Å². The lowest BCUT2D eigenvalue weighted by Crippen LogP contribution is -1.96. The number of benzene rings is 1. The van der Waals surface area contributed by atoms with E-state index in [-0.39, 0.29) is 0 Å². The number of hydrogen-bond acceptors (Lipinski definition) is 0. The molecule has 0 aromatic heterocycles. The predicted octanol–water partition coefficient (Wildman–Crippen LogP) is 7.38. The Labute approximate surface area is 129 Å². The van der Waals surface area contributed by atoms with Gasteiger partial charge < -0.3 is 0 Å². The molecule has 0 aliphatic rings. The molecule has 0 radical (unpaired) electrons. The number of unbranched alkanes of at least 4 members (excludes halogenated alkanes) is 4. The molecule has 1 rings (SSSR count). The molecule has 0 heterocycles. The summed E-state index contributed by atoms with van der Waals surface area (Å²) >= 11 is 0. The number of rotatable bonds is 7. The molecule has 1 aromatic carbocycles. The Hall–Kier alpha value is -0.780. The molecule has 0 bridgehead atoms. The van der Waals surface area contributed by atoms with Gasteiger partial charge in [-0.05, 0) is 29.9 Å². The van der Waals surface area contributed by atoms with Gasteiger partial charge in [-0.3, -0.25) is 0 Å². The first-order valence-electron chi connectivity index (χ1n) is 8.83. The second-order valence-corrected chi connectivity index (χ2v) is 5.02. The number of aryl methyl sites for hydroxylation is 1. The molecule has 20 heavy (non-hydrogen) atoms. The molecule has 0 fully saturated rings. The van der Waals surface area contributed by atoms with Crippen LogP contribution in [0.4, 0.5) is 0 Å². The van der Waals surface area contributed by atoms with Gasteiger partial charge in [0.2, 0.25) is 0 Å². The van der Waals surface area contributed by atoms with Crippen LogP contribution in [0.25, 0.3) is 0 Å². The van der Waals surface area contributed by atoms with Crippen molar-refractivity contribution in [3.63, 3.8) is 0 Å². The average molecular weight is 279 g/mol. The van der Waals surface area contributed by atoms with Crippen molar-refractivity contribution in [2.75, 3.05) is 0 Å². The molecule has 0 atom stereocenters. The highest BCUT2D eigenvalue weighted by molar-refractivity contribution is 5.29. The fourth-order valence-corrected chi connectivity index (χ4v) is 2.24. The molecule has 1 aromatic rings. The van der Waals surface area contributed by atoms with E-state index in [0.29, 0.717) is 5.92 Å². The lowest BCUT2D eigenvalue weighted by atomic mass is 9.94. The van der Waals surface area contributed by atoms with Gasteiger partial charge in [-0.15, -0.1) is 0 Å². The zero-order valence-corrected chi connectivity index (χ0v) is 15.1. The standard InChI is InChI=1S/C16H26.2C2H6/c1-4-5-6-7-8-11-15-12-9-10-13-16(15)14(2)3;2*1-2/h9-10,12-14H,4-8,11H2,1-3H3;2*1-2H3. The molecule has 0 N–H and O–H groups in total. The van der Waals surface area contributed by atoms with Crippen molar-refractivity contribution in [3.05, 3.63) is 35.4 Å². The van der Waals surface area contributed by atoms with Crippen molar-refractivity contribution in [2.24, 2.45) is 0 Å². The highest BCUT2D eigenvalue weighted by atomic mass is 14.1.